The molecule has 230 valence electrons. The van der Waals surface area contributed by atoms with E-state index >= 15 is 0 Å². The van der Waals surface area contributed by atoms with E-state index in [9.17, 15) is 14.0 Å². The quantitative estimate of drug-likeness (QED) is 0.303. The molecule has 1 aromatic heterocycles. The molecule has 1 N–H and O–H groups in total. The molecular weight excluding hydrogens is 553 g/mol. The average Bonchev–Trinajstić information content (AvgIpc) is 3.06. The molecule has 7 nitrogen and oxygen atoms in total. The largest absolute Gasteiger partial charge is 0.345 e. The average molecular weight is 596 g/mol. The number of hydrogen-bond acceptors (Lipinski definition) is 5. The van der Waals surface area contributed by atoms with Crippen LogP contribution in [0.2, 0.25) is 0 Å². The molecule has 1 amide bonds. The van der Waals surface area contributed by atoms with Crippen LogP contribution in [0.5, 0.6) is 0 Å². The number of carbonyl (C=O) groups excluding carboxylic acids is 1. The fourth-order valence-corrected chi connectivity index (χ4v) is 6.86. The number of halogens is 1. The van der Waals surface area contributed by atoms with E-state index in [1.165, 1.54) is 25.0 Å². The fraction of sp³-hybridized carbons (Fsp3) is 0.389. The van der Waals surface area contributed by atoms with Crippen molar-refractivity contribution >= 4 is 16.7 Å². The highest BCUT2D eigenvalue weighted by Crippen LogP contribution is 2.27. The Morgan fingerprint density at radius 2 is 1.50 bits per heavy atom. The second-order valence-corrected chi connectivity index (χ2v) is 12.2. The SMILES string of the molecule is CC[C@H](NC(=O)c1c(CN2CCN(C3CCN(C)CC3)CC2)n(-c2ccc(F)cc2)c(=O)c2ccccc12)c1ccccc1. The van der Waals surface area contributed by atoms with Gasteiger partial charge < -0.3 is 10.2 Å². The van der Waals surface area contributed by atoms with Gasteiger partial charge in [-0.25, -0.2) is 4.39 Å². The summed E-state index contributed by atoms with van der Waals surface area (Å²) in [7, 11) is 2.19. The van der Waals surface area contributed by atoms with E-state index in [1.807, 2.05) is 48.5 Å². The molecule has 2 saturated heterocycles. The van der Waals surface area contributed by atoms with Crippen molar-refractivity contribution in [1.29, 1.82) is 0 Å². The van der Waals surface area contributed by atoms with Gasteiger partial charge in [-0.2, -0.15) is 0 Å². The first kappa shape index (κ1) is 30.2. The Kier molecular flexibility index (Phi) is 9.21. The molecule has 2 aliphatic heterocycles. The van der Waals surface area contributed by atoms with Gasteiger partial charge in [-0.3, -0.25) is 24.0 Å². The molecule has 0 spiro atoms. The molecule has 0 bridgehead atoms. The van der Waals surface area contributed by atoms with Gasteiger partial charge >= 0.3 is 0 Å². The van der Waals surface area contributed by atoms with Crippen LogP contribution in [0.1, 0.15) is 53.8 Å². The van der Waals surface area contributed by atoms with Crippen molar-refractivity contribution < 1.29 is 9.18 Å². The summed E-state index contributed by atoms with van der Waals surface area (Å²) in [6, 6.07) is 23.7. The maximum absolute atomic E-state index is 14.4. The van der Waals surface area contributed by atoms with Gasteiger partial charge in [0.15, 0.2) is 0 Å². The van der Waals surface area contributed by atoms with Crippen LogP contribution in [-0.4, -0.2) is 77.5 Å². The summed E-state index contributed by atoms with van der Waals surface area (Å²) >= 11 is 0. The van der Waals surface area contributed by atoms with Gasteiger partial charge in [0.05, 0.1) is 17.3 Å². The van der Waals surface area contributed by atoms with Crippen LogP contribution in [0.15, 0.2) is 83.7 Å². The Morgan fingerprint density at radius 3 is 2.16 bits per heavy atom. The summed E-state index contributed by atoms with van der Waals surface area (Å²) in [5.74, 6) is -0.589. The number of carbonyl (C=O) groups is 1. The minimum atomic E-state index is -0.374. The van der Waals surface area contributed by atoms with Gasteiger partial charge in [0.1, 0.15) is 5.82 Å². The fourth-order valence-electron chi connectivity index (χ4n) is 6.86. The Balaban J connectivity index is 1.39. The van der Waals surface area contributed by atoms with Gasteiger partial charge in [-0.1, -0.05) is 55.5 Å². The lowest BCUT2D eigenvalue weighted by Gasteiger charge is -2.42. The normalized spacial score (nSPS) is 18.0. The van der Waals surface area contributed by atoms with Crippen LogP contribution < -0.4 is 10.9 Å². The molecule has 6 rings (SSSR count). The number of hydrogen-bond donors (Lipinski definition) is 1. The minimum Gasteiger partial charge on any atom is -0.345 e. The molecule has 1 atom stereocenters. The molecule has 0 radical (unpaired) electrons. The van der Waals surface area contributed by atoms with Crippen molar-refractivity contribution in [3.8, 4) is 5.69 Å². The van der Waals surface area contributed by atoms with Gasteiger partial charge in [-0.15, -0.1) is 0 Å². The summed E-state index contributed by atoms with van der Waals surface area (Å²) in [4.78, 5) is 35.9. The predicted molar refractivity (Wildman–Crippen MR) is 174 cm³/mol. The van der Waals surface area contributed by atoms with E-state index in [0.717, 1.165) is 51.3 Å². The Hall–Kier alpha value is -3.85. The molecule has 4 aromatic rings. The van der Waals surface area contributed by atoms with Crippen molar-refractivity contribution in [2.24, 2.45) is 0 Å². The number of likely N-dealkylation sites (tertiary alicyclic amines) is 1. The molecule has 3 heterocycles. The summed E-state index contributed by atoms with van der Waals surface area (Å²) < 4.78 is 15.7. The molecule has 3 aromatic carbocycles. The number of rotatable bonds is 8. The highest BCUT2D eigenvalue weighted by molar-refractivity contribution is 6.08. The molecule has 0 unspecified atom stereocenters. The maximum atomic E-state index is 14.4. The van der Waals surface area contributed by atoms with Crippen molar-refractivity contribution in [2.75, 3.05) is 46.3 Å². The molecule has 8 heteroatoms. The van der Waals surface area contributed by atoms with E-state index < -0.39 is 0 Å². The van der Waals surface area contributed by atoms with Crippen LogP contribution in [0.4, 0.5) is 4.39 Å². The lowest BCUT2D eigenvalue weighted by atomic mass is 9.99. The van der Waals surface area contributed by atoms with Crippen molar-refractivity contribution in [3.63, 3.8) is 0 Å². The summed E-state index contributed by atoms with van der Waals surface area (Å²) in [6.45, 7) is 8.35. The van der Waals surface area contributed by atoms with Crippen LogP contribution in [-0.2, 0) is 6.54 Å². The molecule has 2 fully saturated rings. The van der Waals surface area contributed by atoms with Crippen LogP contribution >= 0.6 is 0 Å². The zero-order valence-electron chi connectivity index (χ0n) is 25.7. The molecular formula is C36H42FN5O2. The topological polar surface area (TPSA) is 60.8 Å². The molecule has 44 heavy (non-hydrogen) atoms. The maximum Gasteiger partial charge on any atom is 0.263 e. The summed E-state index contributed by atoms with van der Waals surface area (Å²) in [6.07, 6.45) is 3.10. The number of nitrogens with one attached hydrogen (secondary N) is 1. The van der Waals surface area contributed by atoms with Gasteiger partial charge in [0.25, 0.3) is 11.5 Å². The zero-order chi connectivity index (χ0) is 30.6. The Morgan fingerprint density at radius 1 is 0.864 bits per heavy atom. The lowest BCUT2D eigenvalue weighted by molar-refractivity contribution is 0.0609. The van der Waals surface area contributed by atoms with Gasteiger partial charge in [-0.05, 0) is 75.3 Å². The zero-order valence-corrected chi connectivity index (χ0v) is 25.7. The summed E-state index contributed by atoms with van der Waals surface area (Å²) in [5.41, 5.74) is 2.50. The third-order valence-electron chi connectivity index (χ3n) is 9.40. The first-order valence-corrected chi connectivity index (χ1v) is 15.9. The van der Waals surface area contributed by atoms with E-state index in [1.54, 1.807) is 22.8 Å². The molecule has 0 saturated carbocycles. The highest BCUT2D eigenvalue weighted by Gasteiger charge is 2.30. The predicted octanol–water partition coefficient (Wildman–Crippen LogP) is 5.22. The van der Waals surface area contributed by atoms with E-state index in [2.05, 4.69) is 34.0 Å². The van der Waals surface area contributed by atoms with Gasteiger partial charge in [0.2, 0.25) is 0 Å². The number of benzene rings is 3. The third kappa shape index (κ3) is 6.34. The van der Waals surface area contributed by atoms with Crippen LogP contribution in [0.3, 0.4) is 0 Å². The first-order valence-electron chi connectivity index (χ1n) is 15.9. The van der Waals surface area contributed by atoms with Crippen LogP contribution in [0.25, 0.3) is 16.5 Å². The number of fused-ring (bicyclic) bond motifs is 1. The van der Waals surface area contributed by atoms with Crippen molar-refractivity contribution in [3.05, 3.63) is 112 Å². The third-order valence-corrected chi connectivity index (χ3v) is 9.40. The Bertz CT molecular complexity index is 1640. The number of nitrogens with zero attached hydrogens (tertiary/aromatic N) is 4. The molecule has 2 aliphatic rings. The number of amides is 1. The number of piperidine rings is 1. The number of piperazine rings is 1. The second-order valence-electron chi connectivity index (χ2n) is 12.2. The first-order chi connectivity index (χ1) is 21.4. The highest BCUT2D eigenvalue weighted by atomic mass is 19.1. The standard InChI is InChI=1S/C36H42FN5O2/c1-3-32(26-9-5-4-6-10-26)38-35(43)34-30-11-7-8-12-31(30)36(44)42(29-15-13-27(37)14-16-29)33(34)25-40-21-23-41(24-22-40)28-17-19-39(2)20-18-28/h4-16,28,32H,3,17-25H2,1-2H3,(H,38,43)/t32-/m0/s1. The number of pyridine rings is 1. The second kappa shape index (κ2) is 13.4. The van der Waals surface area contributed by atoms with E-state index in [-0.39, 0.29) is 23.3 Å². The van der Waals surface area contributed by atoms with E-state index in [4.69, 9.17) is 0 Å². The summed E-state index contributed by atoms with van der Waals surface area (Å²) in [5, 5.41) is 4.38. The van der Waals surface area contributed by atoms with Crippen LogP contribution in [0, 0.1) is 5.82 Å². The smallest absolute Gasteiger partial charge is 0.263 e. The van der Waals surface area contributed by atoms with Crippen molar-refractivity contribution in [2.45, 2.75) is 44.8 Å². The lowest BCUT2D eigenvalue weighted by Crippen LogP contribution is -2.52. The van der Waals surface area contributed by atoms with Gasteiger partial charge in [0, 0.05) is 55.2 Å². The minimum absolute atomic E-state index is 0.181. The van der Waals surface area contributed by atoms with E-state index in [0.29, 0.717) is 40.3 Å². The van der Waals surface area contributed by atoms with Crippen molar-refractivity contribution in [1.82, 2.24) is 24.6 Å². The Labute approximate surface area is 258 Å². The number of aromatic nitrogens is 1. The monoisotopic (exact) mass is 595 g/mol. The molecule has 0 aliphatic carbocycles.